The minimum Gasteiger partial charge on any atom is -0.351 e. The van der Waals surface area contributed by atoms with Gasteiger partial charge in [-0.3, -0.25) is 9.78 Å². The van der Waals surface area contributed by atoms with Gasteiger partial charge in [0.15, 0.2) is 5.11 Å². The largest absolute Gasteiger partial charge is 0.351 e. The third-order valence-electron chi connectivity index (χ3n) is 5.73. The minimum atomic E-state index is -0.302. The molecule has 6 nitrogen and oxygen atoms in total. The van der Waals surface area contributed by atoms with Gasteiger partial charge in [0.25, 0.3) is 0 Å². The summed E-state index contributed by atoms with van der Waals surface area (Å²) in [6, 6.07) is 23.3. The Morgan fingerprint density at radius 1 is 1.03 bits per heavy atom. The first kappa shape index (κ1) is 21.8. The van der Waals surface area contributed by atoms with Crippen LogP contribution in [0, 0.1) is 5.82 Å². The van der Waals surface area contributed by atoms with Gasteiger partial charge in [0.05, 0.1) is 11.7 Å². The molecule has 2 atom stereocenters. The number of halogens is 1. The van der Waals surface area contributed by atoms with Crippen molar-refractivity contribution in [3.63, 3.8) is 0 Å². The van der Waals surface area contributed by atoms with Crippen LogP contribution < -0.4 is 15.5 Å². The topological polar surface area (TPSA) is 62.2 Å². The van der Waals surface area contributed by atoms with E-state index in [9.17, 15) is 9.18 Å². The Kier molecular flexibility index (Phi) is 5.81. The molecule has 0 aliphatic carbocycles. The van der Waals surface area contributed by atoms with Gasteiger partial charge >= 0.3 is 0 Å². The highest BCUT2D eigenvalue weighted by atomic mass is 32.1. The Hall–Kier alpha value is -4.04. The van der Waals surface area contributed by atoms with Crippen LogP contribution in [-0.2, 0) is 4.79 Å². The maximum Gasteiger partial charge on any atom is 0.221 e. The molecule has 8 heteroatoms. The van der Waals surface area contributed by atoms with E-state index in [0.29, 0.717) is 10.8 Å². The molecule has 0 unspecified atom stereocenters. The zero-order chi connectivity index (χ0) is 23.7. The molecule has 4 aromatic rings. The molecule has 3 heterocycles. The molecule has 1 aliphatic heterocycles. The highest BCUT2D eigenvalue weighted by molar-refractivity contribution is 7.80. The van der Waals surface area contributed by atoms with E-state index >= 15 is 0 Å². The van der Waals surface area contributed by atoms with E-state index in [1.54, 1.807) is 12.3 Å². The normalized spacial score (nSPS) is 17.5. The van der Waals surface area contributed by atoms with Crippen LogP contribution in [0.15, 0.2) is 91.3 Å². The monoisotopic (exact) mass is 471 g/mol. The highest BCUT2D eigenvalue weighted by Crippen LogP contribution is 2.42. The summed E-state index contributed by atoms with van der Waals surface area (Å²) in [4.78, 5) is 18.0. The lowest BCUT2D eigenvalue weighted by molar-refractivity contribution is -0.114. The molecule has 0 radical (unpaired) electrons. The van der Waals surface area contributed by atoms with E-state index in [0.717, 1.165) is 22.8 Å². The lowest BCUT2D eigenvalue weighted by atomic mass is 10.0. The Balaban J connectivity index is 1.62. The zero-order valence-electron chi connectivity index (χ0n) is 18.4. The predicted octanol–water partition coefficient (Wildman–Crippen LogP) is 5.15. The van der Waals surface area contributed by atoms with Gasteiger partial charge in [0.1, 0.15) is 11.9 Å². The van der Waals surface area contributed by atoms with Crippen LogP contribution in [0.4, 0.5) is 15.8 Å². The van der Waals surface area contributed by atoms with Crippen molar-refractivity contribution in [1.82, 2.24) is 14.9 Å². The Morgan fingerprint density at radius 2 is 1.85 bits per heavy atom. The van der Waals surface area contributed by atoms with E-state index in [-0.39, 0.29) is 23.8 Å². The van der Waals surface area contributed by atoms with Crippen LogP contribution in [0.1, 0.15) is 30.4 Å². The van der Waals surface area contributed by atoms with Crippen LogP contribution in [-0.4, -0.2) is 20.6 Å². The number of carbonyl (C=O) groups is 1. The van der Waals surface area contributed by atoms with Crippen molar-refractivity contribution in [3.05, 3.63) is 108 Å². The average Bonchev–Trinajstić information content (AvgIpc) is 3.44. The molecule has 1 amide bonds. The highest BCUT2D eigenvalue weighted by Gasteiger charge is 2.42. The third kappa shape index (κ3) is 4.15. The Morgan fingerprint density at radius 3 is 2.56 bits per heavy atom. The van der Waals surface area contributed by atoms with E-state index in [1.165, 1.54) is 19.1 Å². The summed E-state index contributed by atoms with van der Waals surface area (Å²) < 4.78 is 16.0. The molecule has 170 valence electrons. The van der Waals surface area contributed by atoms with Crippen molar-refractivity contribution >= 4 is 34.6 Å². The van der Waals surface area contributed by atoms with E-state index in [4.69, 9.17) is 12.2 Å². The predicted molar refractivity (Wildman–Crippen MR) is 134 cm³/mol. The summed E-state index contributed by atoms with van der Waals surface area (Å²) >= 11 is 5.78. The quantitative estimate of drug-likeness (QED) is 0.395. The summed E-state index contributed by atoms with van der Waals surface area (Å²) in [5.74, 6) is -0.434. The second kappa shape index (κ2) is 9.07. The number of rotatable bonds is 5. The van der Waals surface area contributed by atoms with Gasteiger partial charge in [-0.25, -0.2) is 4.39 Å². The number of amides is 1. The Labute approximate surface area is 202 Å². The average molecular weight is 472 g/mol. The fraction of sp³-hybridized carbons (Fsp3) is 0.115. The minimum absolute atomic E-state index is 0.132. The second-order valence-corrected chi connectivity index (χ2v) is 8.39. The summed E-state index contributed by atoms with van der Waals surface area (Å²) in [6.45, 7) is 1.47. The second-order valence-electron chi connectivity index (χ2n) is 8.01. The van der Waals surface area contributed by atoms with E-state index in [1.807, 2.05) is 76.3 Å². The number of thiocarbonyl (C=S) groups is 1. The number of carbonyl (C=O) groups excluding carboxylic acids is 1. The van der Waals surface area contributed by atoms with E-state index < -0.39 is 0 Å². The fourth-order valence-electron chi connectivity index (χ4n) is 4.34. The van der Waals surface area contributed by atoms with Gasteiger partial charge in [0, 0.05) is 42.1 Å². The fourth-order valence-corrected chi connectivity index (χ4v) is 4.68. The smallest absolute Gasteiger partial charge is 0.221 e. The number of nitrogens with one attached hydrogen (secondary N) is 2. The molecule has 0 bridgehead atoms. The SMILES string of the molecule is CC(=O)Nc1ccc(N2C(=S)N[C@@H](c3ccccn3)[C@H]2c2cccn2-c2cccc(F)c2)cc1. The van der Waals surface area contributed by atoms with Crippen molar-refractivity contribution in [2.75, 3.05) is 10.2 Å². The lowest BCUT2D eigenvalue weighted by Gasteiger charge is -2.29. The van der Waals surface area contributed by atoms with Gasteiger partial charge in [-0.15, -0.1) is 0 Å². The number of hydrogen-bond donors (Lipinski definition) is 2. The molecule has 0 saturated carbocycles. The summed E-state index contributed by atoms with van der Waals surface area (Å²) in [7, 11) is 0. The molecule has 2 N–H and O–H groups in total. The summed E-state index contributed by atoms with van der Waals surface area (Å²) in [5, 5.41) is 6.77. The maximum atomic E-state index is 14.0. The molecular weight excluding hydrogens is 449 g/mol. The van der Waals surface area contributed by atoms with Crippen molar-refractivity contribution < 1.29 is 9.18 Å². The molecule has 1 saturated heterocycles. The van der Waals surface area contributed by atoms with Crippen LogP contribution in [0.2, 0.25) is 0 Å². The van der Waals surface area contributed by atoms with Crippen LogP contribution in [0.3, 0.4) is 0 Å². The maximum absolute atomic E-state index is 14.0. The summed E-state index contributed by atoms with van der Waals surface area (Å²) in [6.07, 6.45) is 3.67. The van der Waals surface area contributed by atoms with Crippen molar-refractivity contribution in [2.24, 2.45) is 0 Å². The van der Waals surface area contributed by atoms with Crippen LogP contribution >= 0.6 is 12.2 Å². The van der Waals surface area contributed by atoms with Gasteiger partial charge in [-0.2, -0.15) is 0 Å². The standard InChI is InChI=1S/C26H22FN5OS/c1-17(33)29-19-10-12-20(13-11-19)32-25(24(30-26(32)34)22-8-2-3-14-28-22)23-9-5-15-31(23)21-7-4-6-18(27)16-21/h2-16,24-25H,1H3,(H,29,33)(H,30,34)/t24-,25+/m0/s1. The molecule has 1 aliphatic rings. The molecule has 0 spiro atoms. The first-order valence-corrected chi connectivity index (χ1v) is 11.2. The number of hydrogen-bond acceptors (Lipinski definition) is 3. The number of pyridine rings is 1. The van der Waals surface area contributed by atoms with Gasteiger partial charge in [0.2, 0.25) is 5.91 Å². The molecule has 5 rings (SSSR count). The van der Waals surface area contributed by atoms with Crippen molar-refractivity contribution in [2.45, 2.75) is 19.0 Å². The van der Waals surface area contributed by atoms with Crippen molar-refractivity contribution in [1.29, 1.82) is 0 Å². The van der Waals surface area contributed by atoms with Gasteiger partial charge in [-0.1, -0.05) is 12.1 Å². The molecule has 1 fully saturated rings. The van der Waals surface area contributed by atoms with Gasteiger partial charge in [-0.05, 0) is 78.9 Å². The number of benzene rings is 2. The Bertz CT molecular complexity index is 1340. The molecule has 2 aromatic heterocycles. The molecule has 34 heavy (non-hydrogen) atoms. The third-order valence-corrected chi connectivity index (χ3v) is 6.05. The van der Waals surface area contributed by atoms with Crippen LogP contribution in [0.5, 0.6) is 0 Å². The van der Waals surface area contributed by atoms with E-state index in [2.05, 4.69) is 15.6 Å². The summed E-state index contributed by atoms with van der Waals surface area (Å²) in [5.41, 5.74) is 4.06. The zero-order valence-corrected chi connectivity index (χ0v) is 19.2. The molecule has 2 aromatic carbocycles. The molecular formula is C26H22FN5OS. The first-order chi connectivity index (χ1) is 16.5. The first-order valence-electron chi connectivity index (χ1n) is 10.8. The number of anilines is 2. The van der Waals surface area contributed by atoms with Crippen LogP contribution in [0.25, 0.3) is 5.69 Å². The van der Waals surface area contributed by atoms with Gasteiger partial charge < -0.3 is 20.1 Å². The van der Waals surface area contributed by atoms with Crippen molar-refractivity contribution in [3.8, 4) is 5.69 Å². The number of nitrogens with zero attached hydrogens (tertiary/aromatic N) is 3. The number of aromatic nitrogens is 2. The lowest BCUT2D eigenvalue weighted by Crippen LogP contribution is -2.30.